The second-order valence-corrected chi connectivity index (χ2v) is 4.68. The van der Waals surface area contributed by atoms with Gasteiger partial charge >= 0.3 is 0 Å². The molecule has 0 aromatic heterocycles. The van der Waals surface area contributed by atoms with Crippen LogP contribution in [0.25, 0.3) is 0 Å². The number of aromatic hydroxyl groups is 2. The molecule has 0 bridgehead atoms. The van der Waals surface area contributed by atoms with Gasteiger partial charge in [-0.15, -0.1) is 0 Å². The summed E-state index contributed by atoms with van der Waals surface area (Å²) in [6, 6.07) is 5.14. The number of piperidine rings is 1. The van der Waals surface area contributed by atoms with Crippen LogP contribution in [0.2, 0.25) is 0 Å². The Bertz CT molecular complexity index is 448. The zero-order valence-corrected chi connectivity index (χ0v) is 10.4. The van der Waals surface area contributed by atoms with Crippen LogP contribution in [0.4, 0.5) is 0 Å². The third-order valence-corrected chi connectivity index (χ3v) is 3.31. The van der Waals surface area contributed by atoms with E-state index in [4.69, 9.17) is 0 Å². The van der Waals surface area contributed by atoms with Crippen molar-refractivity contribution < 1.29 is 15.0 Å². The Morgan fingerprint density at radius 3 is 2.94 bits per heavy atom. The number of nitrogens with zero attached hydrogens (tertiary/aromatic N) is 1. The fourth-order valence-corrected chi connectivity index (χ4v) is 2.15. The predicted octanol–water partition coefficient (Wildman–Crippen LogP) is 0.808. The third kappa shape index (κ3) is 2.73. The van der Waals surface area contributed by atoms with E-state index in [9.17, 15) is 15.0 Å². The first-order valence-electron chi connectivity index (χ1n) is 6.05. The van der Waals surface area contributed by atoms with E-state index < -0.39 is 0 Å². The Balaban J connectivity index is 1.92. The second-order valence-electron chi connectivity index (χ2n) is 4.68. The van der Waals surface area contributed by atoms with Crippen molar-refractivity contribution in [1.29, 1.82) is 0 Å². The van der Waals surface area contributed by atoms with E-state index in [0.717, 1.165) is 6.42 Å². The van der Waals surface area contributed by atoms with Crippen LogP contribution in [-0.4, -0.2) is 40.7 Å². The van der Waals surface area contributed by atoms with E-state index in [-0.39, 0.29) is 23.4 Å². The average Bonchev–Trinajstić information content (AvgIpc) is 2.35. The van der Waals surface area contributed by atoms with Gasteiger partial charge in [-0.1, -0.05) is 12.1 Å². The molecule has 0 saturated carbocycles. The molecular formula is C13H18N2O3. The first-order valence-corrected chi connectivity index (χ1v) is 6.05. The molecule has 1 aliphatic heterocycles. The quantitative estimate of drug-likeness (QED) is 0.694. The summed E-state index contributed by atoms with van der Waals surface area (Å²) in [5, 5.41) is 22.3. The number of likely N-dealkylation sites (N-methyl/N-ethyl adjacent to an activating group) is 1. The lowest BCUT2D eigenvalue weighted by molar-refractivity contribution is -0.132. The van der Waals surface area contributed by atoms with Gasteiger partial charge < -0.3 is 20.4 Å². The summed E-state index contributed by atoms with van der Waals surface area (Å²) >= 11 is 0. The van der Waals surface area contributed by atoms with Gasteiger partial charge in [0, 0.05) is 38.2 Å². The summed E-state index contributed by atoms with van der Waals surface area (Å²) in [5.74, 6) is -0.0104. The van der Waals surface area contributed by atoms with Gasteiger partial charge in [-0.3, -0.25) is 4.79 Å². The van der Waals surface area contributed by atoms with Crippen LogP contribution in [-0.2, 0) is 11.3 Å². The molecule has 0 aliphatic carbocycles. The summed E-state index contributed by atoms with van der Waals surface area (Å²) in [7, 11) is 1.79. The van der Waals surface area contributed by atoms with Crippen LogP contribution in [0.1, 0.15) is 18.4 Å². The SMILES string of the molecule is CN1CC(NCc2cccc(O)c2O)CCC1=O. The van der Waals surface area contributed by atoms with E-state index in [2.05, 4.69) is 5.32 Å². The van der Waals surface area contributed by atoms with Crippen molar-refractivity contribution in [3.05, 3.63) is 23.8 Å². The number of carbonyl (C=O) groups is 1. The van der Waals surface area contributed by atoms with Crippen LogP contribution < -0.4 is 5.32 Å². The van der Waals surface area contributed by atoms with Crippen molar-refractivity contribution in [2.24, 2.45) is 0 Å². The molecule has 3 N–H and O–H groups in total. The van der Waals surface area contributed by atoms with E-state index in [1.165, 1.54) is 6.07 Å². The number of likely N-dealkylation sites (tertiary alicyclic amines) is 1. The maximum atomic E-state index is 11.3. The summed E-state index contributed by atoms with van der Waals surface area (Å²) < 4.78 is 0. The van der Waals surface area contributed by atoms with Crippen molar-refractivity contribution in [1.82, 2.24) is 10.2 Å². The summed E-state index contributed by atoms with van der Waals surface area (Å²) in [6.07, 6.45) is 1.36. The zero-order valence-electron chi connectivity index (χ0n) is 10.4. The minimum atomic E-state index is -0.106. The molecule has 5 heteroatoms. The third-order valence-electron chi connectivity index (χ3n) is 3.31. The van der Waals surface area contributed by atoms with Crippen LogP contribution in [0.5, 0.6) is 11.5 Å². The molecule has 1 fully saturated rings. The predicted molar refractivity (Wildman–Crippen MR) is 67.3 cm³/mol. The van der Waals surface area contributed by atoms with Gasteiger partial charge in [-0.2, -0.15) is 0 Å². The number of para-hydroxylation sites is 1. The topological polar surface area (TPSA) is 72.8 Å². The van der Waals surface area contributed by atoms with Gasteiger partial charge in [0.15, 0.2) is 11.5 Å². The normalized spacial score (nSPS) is 20.2. The van der Waals surface area contributed by atoms with Crippen LogP contribution >= 0.6 is 0 Å². The fraction of sp³-hybridized carbons (Fsp3) is 0.462. The van der Waals surface area contributed by atoms with Gasteiger partial charge in [0.2, 0.25) is 5.91 Å². The maximum absolute atomic E-state index is 11.3. The molecular weight excluding hydrogens is 232 g/mol. The van der Waals surface area contributed by atoms with E-state index >= 15 is 0 Å². The van der Waals surface area contributed by atoms with Crippen LogP contribution in [0.15, 0.2) is 18.2 Å². The number of phenols is 2. The van der Waals surface area contributed by atoms with Crippen molar-refractivity contribution >= 4 is 5.91 Å². The number of nitrogens with one attached hydrogen (secondary N) is 1. The Hall–Kier alpha value is -1.75. The summed E-state index contributed by atoms with van der Waals surface area (Å²) in [4.78, 5) is 13.0. The first-order chi connectivity index (χ1) is 8.58. The Morgan fingerprint density at radius 2 is 2.22 bits per heavy atom. The minimum absolute atomic E-state index is 0.0785. The average molecular weight is 250 g/mol. The molecule has 2 rings (SSSR count). The molecule has 0 spiro atoms. The lowest BCUT2D eigenvalue weighted by Gasteiger charge is -2.30. The van der Waals surface area contributed by atoms with Gasteiger partial charge in [0.05, 0.1) is 0 Å². The van der Waals surface area contributed by atoms with Crippen LogP contribution in [0, 0.1) is 0 Å². The first kappa shape index (κ1) is 12.7. The minimum Gasteiger partial charge on any atom is -0.504 e. The molecule has 18 heavy (non-hydrogen) atoms. The highest BCUT2D eigenvalue weighted by Gasteiger charge is 2.22. The fourth-order valence-electron chi connectivity index (χ4n) is 2.15. The standard InChI is InChI=1S/C13H18N2O3/c1-15-8-10(5-6-12(15)17)14-7-9-3-2-4-11(16)13(9)18/h2-4,10,14,16,18H,5-8H2,1H3. The second kappa shape index (κ2) is 5.27. The molecule has 1 aromatic rings. The van der Waals surface area contributed by atoms with Crippen molar-refractivity contribution in [3.63, 3.8) is 0 Å². The molecule has 1 saturated heterocycles. The molecule has 98 valence electrons. The summed E-state index contributed by atoms with van der Waals surface area (Å²) in [6.45, 7) is 1.16. The van der Waals surface area contributed by atoms with E-state index in [1.807, 2.05) is 0 Å². The van der Waals surface area contributed by atoms with E-state index in [1.54, 1.807) is 24.1 Å². The Labute approximate surface area is 106 Å². The highest BCUT2D eigenvalue weighted by Crippen LogP contribution is 2.28. The molecule has 5 nitrogen and oxygen atoms in total. The molecule has 1 amide bonds. The largest absolute Gasteiger partial charge is 0.504 e. The lowest BCUT2D eigenvalue weighted by Crippen LogP contribution is -2.46. The number of phenolic OH excluding ortho intramolecular Hbond substituents is 2. The smallest absolute Gasteiger partial charge is 0.222 e. The number of carbonyl (C=O) groups excluding carboxylic acids is 1. The maximum Gasteiger partial charge on any atom is 0.222 e. The van der Waals surface area contributed by atoms with Gasteiger partial charge in [-0.05, 0) is 12.5 Å². The molecule has 1 aromatic carbocycles. The van der Waals surface area contributed by atoms with Crippen LogP contribution in [0.3, 0.4) is 0 Å². The molecule has 1 atom stereocenters. The summed E-state index contributed by atoms with van der Waals surface area (Å²) in [5.41, 5.74) is 0.662. The van der Waals surface area contributed by atoms with Crippen molar-refractivity contribution in [2.45, 2.75) is 25.4 Å². The number of hydrogen-bond acceptors (Lipinski definition) is 4. The Morgan fingerprint density at radius 1 is 1.44 bits per heavy atom. The Kier molecular flexibility index (Phi) is 3.72. The number of rotatable bonds is 3. The van der Waals surface area contributed by atoms with Crippen molar-refractivity contribution in [2.75, 3.05) is 13.6 Å². The number of hydrogen-bond donors (Lipinski definition) is 3. The van der Waals surface area contributed by atoms with Gasteiger partial charge in [0.25, 0.3) is 0 Å². The molecule has 1 unspecified atom stereocenters. The number of amides is 1. The monoisotopic (exact) mass is 250 g/mol. The van der Waals surface area contributed by atoms with E-state index in [0.29, 0.717) is 25.1 Å². The number of benzene rings is 1. The highest BCUT2D eigenvalue weighted by atomic mass is 16.3. The molecule has 0 radical (unpaired) electrons. The highest BCUT2D eigenvalue weighted by molar-refractivity contribution is 5.76. The van der Waals surface area contributed by atoms with Gasteiger partial charge in [-0.25, -0.2) is 0 Å². The molecule has 1 aliphatic rings. The van der Waals surface area contributed by atoms with Crippen molar-refractivity contribution in [3.8, 4) is 11.5 Å². The lowest BCUT2D eigenvalue weighted by atomic mass is 10.1. The zero-order chi connectivity index (χ0) is 13.1. The van der Waals surface area contributed by atoms with Gasteiger partial charge in [0.1, 0.15) is 0 Å². The molecule has 1 heterocycles.